The van der Waals surface area contributed by atoms with Crippen LogP contribution in [0.4, 0.5) is 20.3 Å². The number of nitrogens with zero attached hydrogens (tertiary/aromatic N) is 2. The van der Waals surface area contributed by atoms with Crippen LogP contribution in [0, 0.1) is 11.6 Å². The summed E-state index contributed by atoms with van der Waals surface area (Å²) in [6.45, 7) is 1.76. The number of nitrogens with one attached hydrogen (secondary N) is 2. The first-order chi connectivity index (χ1) is 13.5. The van der Waals surface area contributed by atoms with Crippen LogP contribution in [0.2, 0.25) is 0 Å². The summed E-state index contributed by atoms with van der Waals surface area (Å²) < 4.78 is 33.7. The Morgan fingerprint density at radius 1 is 1.14 bits per heavy atom. The van der Waals surface area contributed by atoms with Gasteiger partial charge in [0, 0.05) is 0 Å². The largest absolute Gasteiger partial charge is 0.495 e. The van der Waals surface area contributed by atoms with Crippen molar-refractivity contribution in [3.8, 4) is 17.0 Å². The van der Waals surface area contributed by atoms with Crippen LogP contribution in [-0.2, 0) is 0 Å². The van der Waals surface area contributed by atoms with Crippen molar-refractivity contribution in [1.29, 1.82) is 0 Å². The molecule has 0 bridgehead atoms. The maximum atomic E-state index is 14.3. The number of carbonyl (C=O) groups is 1. The quantitative estimate of drug-likeness (QED) is 0.714. The maximum Gasteiger partial charge on any atom is 0.255 e. The first-order valence-corrected chi connectivity index (χ1v) is 8.55. The number of halogens is 2. The number of benzene rings is 1. The number of amides is 1. The molecule has 1 aliphatic heterocycles. The molecule has 142 valence electrons. The Morgan fingerprint density at radius 3 is 2.54 bits per heavy atom. The molecule has 2 aromatic heterocycles. The molecule has 1 aromatic carbocycles. The Morgan fingerprint density at radius 2 is 1.89 bits per heavy atom. The van der Waals surface area contributed by atoms with Crippen molar-refractivity contribution >= 4 is 17.4 Å². The fraction of sp³-hybridized carbons (Fsp3) is 0.150. The second kappa shape index (κ2) is 6.88. The van der Waals surface area contributed by atoms with E-state index >= 15 is 0 Å². The molecule has 3 aromatic rings. The summed E-state index contributed by atoms with van der Waals surface area (Å²) in [6.07, 6.45) is 1.52. The highest BCUT2D eigenvalue weighted by molar-refractivity contribution is 6.04. The summed E-state index contributed by atoms with van der Waals surface area (Å²) in [6, 6.07) is 8.06. The number of ether oxygens (including phenoxy) is 1. The van der Waals surface area contributed by atoms with Gasteiger partial charge in [-0.15, -0.1) is 0 Å². The zero-order valence-electron chi connectivity index (χ0n) is 15.1. The van der Waals surface area contributed by atoms with Crippen LogP contribution < -0.4 is 15.4 Å². The summed E-state index contributed by atoms with van der Waals surface area (Å²) >= 11 is 0. The third-order valence-corrected chi connectivity index (χ3v) is 4.49. The Balaban J connectivity index is 1.86. The summed E-state index contributed by atoms with van der Waals surface area (Å²) in [7, 11) is 1.53. The Hall–Kier alpha value is -3.55. The number of fused-ring (bicyclic) bond motifs is 1. The van der Waals surface area contributed by atoms with Gasteiger partial charge >= 0.3 is 0 Å². The SMILES string of the molecule is COc1ccc(Nc2cc(-c3c(F)cccc3F)nc3c2C(=O)N[C@@H]3C)nc1. The minimum absolute atomic E-state index is 0.0914. The molecule has 6 nitrogen and oxygen atoms in total. The molecule has 3 heterocycles. The fourth-order valence-electron chi connectivity index (χ4n) is 3.14. The van der Waals surface area contributed by atoms with Gasteiger partial charge in [0.15, 0.2) is 0 Å². The van der Waals surface area contributed by atoms with E-state index in [0.717, 1.165) is 12.1 Å². The number of hydrogen-bond acceptors (Lipinski definition) is 5. The van der Waals surface area contributed by atoms with Gasteiger partial charge < -0.3 is 15.4 Å². The highest BCUT2D eigenvalue weighted by atomic mass is 19.1. The van der Waals surface area contributed by atoms with E-state index in [4.69, 9.17) is 4.74 Å². The van der Waals surface area contributed by atoms with Crippen molar-refractivity contribution < 1.29 is 18.3 Å². The first kappa shape index (κ1) is 17.8. The molecule has 0 saturated heterocycles. The van der Waals surface area contributed by atoms with Crippen LogP contribution in [-0.4, -0.2) is 23.0 Å². The van der Waals surface area contributed by atoms with E-state index < -0.39 is 11.6 Å². The van der Waals surface area contributed by atoms with Crippen LogP contribution in [0.1, 0.15) is 29.0 Å². The monoisotopic (exact) mass is 382 g/mol. The van der Waals surface area contributed by atoms with Crippen LogP contribution in [0.15, 0.2) is 42.6 Å². The summed E-state index contributed by atoms with van der Waals surface area (Å²) in [5.74, 6) is -0.754. The molecule has 0 fully saturated rings. The minimum Gasteiger partial charge on any atom is -0.495 e. The molecule has 0 spiro atoms. The number of methoxy groups -OCH3 is 1. The predicted molar refractivity (Wildman–Crippen MR) is 99.5 cm³/mol. The van der Waals surface area contributed by atoms with Crippen LogP contribution in [0.3, 0.4) is 0 Å². The minimum atomic E-state index is -0.731. The molecule has 0 aliphatic carbocycles. The van der Waals surface area contributed by atoms with E-state index in [1.807, 2.05) is 0 Å². The number of anilines is 2. The lowest BCUT2D eigenvalue weighted by Gasteiger charge is -2.13. The van der Waals surface area contributed by atoms with E-state index in [2.05, 4.69) is 20.6 Å². The van der Waals surface area contributed by atoms with Gasteiger partial charge in [-0.2, -0.15) is 0 Å². The van der Waals surface area contributed by atoms with Crippen molar-refractivity contribution in [3.63, 3.8) is 0 Å². The third kappa shape index (κ3) is 3.02. The van der Waals surface area contributed by atoms with E-state index in [0.29, 0.717) is 28.5 Å². The molecule has 0 unspecified atom stereocenters. The molecule has 2 N–H and O–H groups in total. The summed E-state index contributed by atoms with van der Waals surface area (Å²) in [5.41, 5.74) is 0.949. The van der Waals surface area contributed by atoms with Gasteiger partial charge in [0.25, 0.3) is 5.91 Å². The number of carbonyl (C=O) groups excluding carboxylic acids is 1. The first-order valence-electron chi connectivity index (χ1n) is 8.55. The Bertz CT molecular complexity index is 1050. The summed E-state index contributed by atoms with van der Waals surface area (Å²) in [4.78, 5) is 21.0. The standard InChI is InChI=1S/C20H16F2N4O2/c1-10-19-18(20(27)24-10)15(25-16-7-6-11(28-2)9-23-16)8-14(26-19)17-12(21)4-3-5-13(17)22/h3-10H,1-2H3,(H,24,27)(H,23,25,26)/t10-/m1/s1. The van der Waals surface area contributed by atoms with Gasteiger partial charge in [0.2, 0.25) is 0 Å². The van der Waals surface area contributed by atoms with Crippen LogP contribution >= 0.6 is 0 Å². The van der Waals surface area contributed by atoms with E-state index in [-0.39, 0.29) is 23.2 Å². The lowest BCUT2D eigenvalue weighted by Crippen LogP contribution is -2.16. The second-order valence-electron chi connectivity index (χ2n) is 6.32. The predicted octanol–water partition coefficient (Wildman–Crippen LogP) is 3.98. The number of pyridine rings is 2. The van der Waals surface area contributed by atoms with Crippen molar-refractivity contribution in [1.82, 2.24) is 15.3 Å². The Kier molecular flexibility index (Phi) is 4.38. The molecule has 1 atom stereocenters. The van der Waals surface area contributed by atoms with Crippen molar-refractivity contribution in [3.05, 3.63) is 65.5 Å². The zero-order chi connectivity index (χ0) is 19.8. The second-order valence-corrected chi connectivity index (χ2v) is 6.32. The molecule has 1 aliphatic rings. The van der Waals surface area contributed by atoms with Crippen molar-refractivity contribution in [2.45, 2.75) is 13.0 Å². The maximum absolute atomic E-state index is 14.3. The van der Waals surface area contributed by atoms with Gasteiger partial charge in [-0.1, -0.05) is 6.07 Å². The molecule has 0 radical (unpaired) electrons. The molecule has 1 amide bonds. The average Bonchev–Trinajstić information content (AvgIpc) is 2.96. The number of aromatic nitrogens is 2. The van der Waals surface area contributed by atoms with E-state index in [1.54, 1.807) is 19.1 Å². The van der Waals surface area contributed by atoms with Gasteiger partial charge in [-0.25, -0.2) is 18.7 Å². The molecule has 0 saturated carbocycles. The smallest absolute Gasteiger partial charge is 0.255 e. The number of hydrogen-bond donors (Lipinski definition) is 2. The van der Waals surface area contributed by atoms with Gasteiger partial charge in [0.1, 0.15) is 23.2 Å². The van der Waals surface area contributed by atoms with Crippen LogP contribution in [0.5, 0.6) is 5.75 Å². The molecule has 4 rings (SSSR count). The van der Waals surface area contributed by atoms with Gasteiger partial charge in [-0.3, -0.25) is 4.79 Å². The lowest BCUT2D eigenvalue weighted by atomic mass is 10.0. The zero-order valence-corrected chi connectivity index (χ0v) is 15.1. The van der Waals surface area contributed by atoms with Crippen molar-refractivity contribution in [2.24, 2.45) is 0 Å². The molecular formula is C20H16F2N4O2. The van der Waals surface area contributed by atoms with Gasteiger partial charge in [0.05, 0.1) is 47.6 Å². The lowest BCUT2D eigenvalue weighted by molar-refractivity contribution is 0.0959. The van der Waals surface area contributed by atoms with Gasteiger partial charge in [-0.05, 0) is 37.3 Å². The Labute approximate surface area is 159 Å². The van der Waals surface area contributed by atoms with Crippen molar-refractivity contribution in [2.75, 3.05) is 12.4 Å². The topological polar surface area (TPSA) is 76.1 Å². The molecular weight excluding hydrogens is 366 g/mol. The van der Waals surface area contributed by atoms with E-state index in [9.17, 15) is 13.6 Å². The highest BCUT2D eigenvalue weighted by Crippen LogP contribution is 2.36. The van der Waals surface area contributed by atoms with E-state index in [1.165, 1.54) is 25.4 Å². The molecule has 28 heavy (non-hydrogen) atoms. The number of rotatable bonds is 4. The third-order valence-electron chi connectivity index (χ3n) is 4.49. The highest BCUT2D eigenvalue weighted by Gasteiger charge is 2.31. The normalized spacial score (nSPS) is 15.1. The van der Waals surface area contributed by atoms with Crippen LogP contribution in [0.25, 0.3) is 11.3 Å². The molecule has 8 heteroatoms. The summed E-state index contributed by atoms with van der Waals surface area (Å²) in [5, 5.41) is 5.81. The fourth-order valence-corrected chi connectivity index (χ4v) is 3.14. The average molecular weight is 382 g/mol.